The number of morpholine rings is 1. The van der Waals surface area contributed by atoms with Crippen LogP contribution in [0.2, 0.25) is 0 Å². The third-order valence-electron chi connectivity index (χ3n) is 3.50. The van der Waals surface area contributed by atoms with Crippen LogP contribution < -0.4 is 5.73 Å². The van der Waals surface area contributed by atoms with Crippen molar-refractivity contribution in [2.45, 2.75) is 25.7 Å². The minimum atomic E-state index is -4.67. The lowest BCUT2D eigenvalue weighted by Crippen LogP contribution is -2.47. The molecule has 140 valence electrons. The first-order valence-electron chi connectivity index (χ1n) is 7.19. The third-order valence-corrected chi connectivity index (χ3v) is 3.50. The van der Waals surface area contributed by atoms with Gasteiger partial charge in [-0.2, -0.15) is 13.2 Å². The van der Waals surface area contributed by atoms with Gasteiger partial charge in [0.05, 0.1) is 29.7 Å². The number of alkyl halides is 3. The molecule has 2 N–H and O–H groups in total. The number of guanidine groups is 1. The Bertz CT molecular complexity index is 655. The monoisotopic (exact) mass is 474 g/mol. The van der Waals surface area contributed by atoms with E-state index in [1.807, 2.05) is 6.92 Å². The number of nitrogens with zero attached hydrogens (tertiary/aromatic N) is 3. The molecule has 1 unspecified atom stereocenters. The summed E-state index contributed by atoms with van der Waals surface area (Å²) >= 11 is 0. The maximum absolute atomic E-state index is 12.8. The highest BCUT2D eigenvalue weighted by molar-refractivity contribution is 14.0. The van der Waals surface area contributed by atoms with Crippen LogP contribution in [0.5, 0.6) is 0 Å². The van der Waals surface area contributed by atoms with Crippen LogP contribution in [0.3, 0.4) is 0 Å². The Morgan fingerprint density at radius 2 is 2.16 bits per heavy atom. The average Bonchev–Trinajstić information content (AvgIpc) is 2.51. The molecule has 0 amide bonds. The molecule has 0 saturated carbocycles. The van der Waals surface area contributed by atoms with E-state index in [-0.39, 0.29) is 48.1 Å². The third kappa shape index (κ3) is 5.99. The van der Waals surface area contributed by atoms with Crippen molar-refractivity contribution in [3.8, 4) is 0 Å². The standard InChI is InChI=1S/C14H17F3N4O3.HI/c1-9-8-20(2-3-24-9)13(18)19-7-10-4-11(14(15,16)17)6-12(5-10)21(22)23;/h4-6,9H,2-3,7-8H2,1H3,(H2,18,19);1H. The van der Waals surface area contributed by atoms with Gasteiger partial charge in [0.15, 0.2) is 5.96 Å². The highest BCUT2D eigenvalue weighted by Gasteiger charge is 2.32. The maximum atomic E-state index is 12.8. The molecule has 1 aromatic carbocycles. The molecule has 11 heteroatoms. The number of benzene rings is 1. The Kier molecular flexibility index (Phi) is 7.41. The number of hydrogen-bond donors (Lipinski definition) is 1. The van der Waals surface area contributed by atoms with E-state index in [9.17, 15) is 23.3 Å². The van der Waals surface area contributed by atoms with Crippen LogP contribution in [-0.4, -0.2) is 41.6 Å². The van der Waals surface area contributed by atoms with E-state index in [0.717, 1.165) is 12.1 Å². The van der Waals surface area contributed by atoms with Gasteiger partial charge in [0.1, 0.15) is 0 Å². The molecule has 1 aromatic rings. The number of nitro benzene ring substituents is 1. The molecule has 1 aliphatic rings. The van der Waals surface area contributed by atoms with Gasteiger partial charge >= 0.3 is 6.18 Å². The number of halogens is 4. The van der Waals surface area contributed by atoms with Crippen molar-refractivity contribution in [3.63, 3.8) is 0 Å². The van der Waals surface area contributed by atoms with E-state index >= 15 is 0 Å². The van der Waals surface area contributed by atoms with E-state index in [1.165, 1.54) is 0 Å². The molecule has 1 heterocycles. The van der Waals surface area contributed by atoms with Gasteiger partial charge in [0.2, 0.25) is 0 Å². The Labute approximate surface area is 159 Å². The first-order chi connectivity index (χ1) is 11.2. The Morgan fingerprint density at radius 1 is 1.48 bits per heavy atom. The van der Waals surface area contributed by atoms with Crippen molar-refractivity contribution in [1.29, 1.82) is 0 Å². The Hall–Kier alpha value is -1.63. The van der Waals surface area contributed by atoms with Gasteiger partial charge in [-0.15, -0.1) is 24.0 Å². The fourth-order valence-electron chi connectivity index (χ4n) is 2.33. The quantitative estimate of drug-likeness (QED) is 0.239. The zero-order valence-corrected chi connectivity index (χ0v) is 15.7. The predicted octanol–water partition coefficient (Wildman–Crippen LogP) is 2.77. The van der Waals surface area contributed by atoms with Crippen molar-refractivity contribution in [2.24, 2.45) is 10.7 Å². The minimum absolute atomic E-state index is 0. The number of aliphatic imine (C=N–C) groups is 1. The molecular formula is C14H18F3IN4O3. The summed E-state index contributed by atoms with van der Waals surface area (Å²) in [5.41, 5.74) is 4.20. The second-order valence-electron chi connectivity index (χ2n) is 5.44. The first kappa shape index (κ1) is 21.4. The molecule has 1 fully saturated rings. The van der Waals surface area contributed by atoms with Gasteiger partial charge in [-0.3, -0.25) is 10.1 Å². The zero-order chi connectivity index (χ0) is 17.9. The van der Waals surface area contributed by atoms with Crippen LogP contribution in [0, 0.1) is 10.1 Å². The van der Waals surface area contributed by atoms with E-state index in [1.54, 1.807) is 4.90 Å². The zero-order valence-electron chi connectivity index (χ0n) is 13.3. The largest absolute Gasteiger partial charge is 0.416 e. The van der Waals surface area contributed by atoms with Crippen molar-refractivity contribution >= 4 is 35.6 Å². The molecule has 7 nitrogen and oxygen atoms in total. The fourth-order valence-corrected chi connectivity index (χ4v) is 2.33. The normalized spacial score (nSPS) is 18.6. The highest BCUT2D eigenvalue weighted by atomic mass is 127. The second kappa shape index (κ2) is 8.65. The molecule has 25 heavy (non-hydrogen) atoms. The second-order valence-corrected chi connectivity index (χ2v) is 5.44. The Balaban J connectivity index is 0.00000312. The number of rotatable bonds is 3. The molecule has 2 rings (SSSR count). The Morgan fingerprint density at radius 3 is 2.72 bits per heavy atom. The van der Waals surface area contributed by atoms with E-state index < -0.39 is 22.4 Å². The van der Waals surface area contributed by atoms with Crippen LogP contribution in [0.15, 0.2) is 23.2 Å². The van der Waals surface area contributed by atoms with Crippen molar-refractivity contribution < 1.29 is 22.8 Å². The topological polar surface area (TPSA) is 94.0 Å². The molecule has 1 aliphatic heterocycles. The van der Waals surface area contributed by atoms with Crippen molar-refractivity contribution in [1.82, 2.24) is 4.90 Å². The summed E-state index contributed by atoms with van der Waals surface area (Å²) in [4.78, 5) is 15.8. The van der Waals surface area contributed by atoms with Crippen molar-refractivity contribution in [3.05, 3.63) is 39.4 Å². The van der Waals surface area contributed by atoms with Crippen LogP contribution in [-0.2, 0) is 17.5 Å². The highest BCUT2D eigenvalue weighted by Crippen LogP contribution is 2.32. The molecule has 0 radical (unpaired) electrons. The lowest BCUT2D eigenvalue weighted by atomic mass is 10.1. The van der Waals surface area contributed by atoms with Gasteiger partial charge in [0.25, 0.3) is 5.69 Å². The molecular weight excluding hydrogens is 456 g/mol. The van der Waals surface area contributed by atoms with Gasteiger partial charge in [-0.25, -0.2) is 4.99 Å². The number of non-ortho nitro benzene ring substituents is 1. The SMILES string of the molecule is CC1CN(C(N)=NCc2cc([N+](=O)[O-])cc(C(F)(F)F)c2)CCO1.I. The van der Waals surface area contributed by atoms with Gasteiger partial charge in [-0.1, -0.05) is 0 Å². The van der Waals surface area contributed by atoms with Crippen LogP contribution in [0.25, 0.3) is 0 Å². The predicted molar refractivity (Wildman–Crippen MR) is 95.8 cm³/mol. The molecule has 0 spiro atoms. The van der Waals surface area contributed by atoms with Crippen LogP contribution >= 0.6 is 24.0 Å². The summed E-state index contributed by atoms with van der Waals surface area (Å²) in [6.07, 6.45) is -4.70. The van der Waals surface area contributed by atoms with Gasteiger partial charge in [-0.05, 0) is 18.6 Å². The molecule has 0 aliphatic carbocycles. The number of nitro groups is 1. The lowest BCUT2D eigenvalue weighted by Gasteiger charge is -2.31. The minimum Gasteiger partial charge on any atom is -0.375 e. The molecule has 0 bridgehead atoms. The molecule has 1 saturated heterocycles. The summed E-state index contributed by atoms with van der Waals surface area (Å²) < 4.78 is 43.9. The number of hydrogen-bond acceptors (Lipinski definition) is 4. The number of ether oxygens (including phenoxy) is 1. The fraction of sp³-hybridized carbons (Fsp3) is 0.500. The first-order valence-corrected chi connectivity index (χ1v) is 7.19. The summed E-state index contributed by atoms with van der Waals surface area (Å²) in [6, 6.07) is 2.40. The maximum Gasteiger partial charge on any atom is 0.416 e. The van der Waals surface area contributed by atoms with E-state index in [4.69, 9.17) is 10.5 Å². The van der Waals surface area contributed by atoms with Crippen LogP contribution in [0.1, 0.15) is 18.1 Å². The summed E-state index contributed by atoms with van der Waals surface area (Å²) in [5, 5.41) is 10.8. The molecule has 0 aromatic heterocycles. The van der Waals surface area contributed by atoms with Crippen LogP contribution in [0.4, 0.5) is 18.9 Å². The smallest absolute Gasteiger partial charge is 0.375 e. The van der Waals surface area contributed by atoms with E-state index in [0.29, 0.717) is 25.8 Å². The van der Waals surface area contributed by atoms with E-state index in [2.05, 4.69) is 4.99 Å². The van der Waals surface area contributed by atoms with Crippen molar-refractivity contribution in [2.75, 3.05) is 19.7 Å². The summed E-state index contributed by atoms with van der Waals surface area (Å²) in [7, 11) is 0. The lowest BCUT2D eigenvalue weighted by molar-refractivity contribution is -0.385. The average molecular weight is 474 g/mol. The summed E-state index contributed by atoms with van der Waals surface area (Å²) in [6.45, 7) is 3.23. The van der Waals surface area contributed by atoms with Gasteiger partial charge < -0.3 is 15.4 Å². The summed E-state index contributed by atoms with van der Waals surface area (Å²) in [5.74, 6) is 0.171. The number of nitrogens with two attached hydrogens (primary N) is 1. The van der Waals surface area contributed by atoms with Gasteiger partial charge in [0, 0.05) is 25.2 Å². The molecule has 1 atom stereocenters.